The van der Waals surface area contributed by atoms with E-state index in [1.807, 2.05) is 36.5 Å². The maximum Gasteiger partial charge on any atom is 0.298 e. The zero-order chi connectivity index (χ0) is 11.3. The minimum Gasteiger partial charge on any atom is -0.261 e. The van der Waals surface area contributed by atoms with Crippen molar-refractivity contribution < 1.29 is 8.42 Å². The highest BCUT2D eigenvalue weighted by atomic mass is 32.2. The molecule has 1 fully saturated rings. The van der Waals surface area contributed by atoms with Crippen LogP contribution in [0.15, 0.2) is 47.7 Å². The zero-order valence-electron chi connectivity index (χ0n) is 8.58. The topological polar surface area (TPSA) is 63.4 Å². The highest BCUT2D eigenvalue weighted by molar-refractivity contribution is 7.86. The van der Waals surface area contributed by atoms with Gasteiger partial charge in [-0.1, -0.05) is 30.4 Å². The van der Waals surface area contributed by atoms with Crippen LogP contribution in [0.3, 0.4) is 0 Å². The fourth-order valence-corrected chi connectivity index (χ4v) is 3.48. The summed E-state index contributed by atoms with van der Waals surface area (Å²) in [5.41, 5.74) is 1.96. The molecule has 4 nitrogen and oxygen atoms in total. The van der Waals surface area contributed by atoms with Crippen LogP contribution in [0.5, 0.6) is 0 Å². The van der Waals surface area contributed by atoms with Gasteiger partial charge in [0.25, 0.3) is 10.2 Å². The van der Waals surface area contributed by atoms with Crippen LogP contribution in [0.4, 0.5) is 0 Å². The number of nitrogens with zero attached hydrogens (tertiary/aromatic N) is 1. The number of allylic oxidation sites excluding steroid dienone is 6. The minimum absolute atomic E-state index is 0.160. The summed E-state index contributed by atoms with van der Waals surface area (Å²) >= 11 is 0. The first-order valence-electron chi connectivity index (χ1n) is 5.14. The van der Waals surface area contributed by atoms with Gasteiger partial charge in [0.2, 0.25) is 0 Å². The molecule has 5 heteroatoms. The van der Waals surface area contributed by atoms with Gasteiger partial charge >= 0.3 is 0 Å². The molecule has 0 aromatic rings. The monoisotopic (exact) mass is 236 g/mol. The van der Waals surface area contributed by atoms with E-state index in [0.717, 1.165) is 11.3 Å². The van der Waals surface area contributed by atoms with Crippen molar-refractivity contribution in [2.75, 3.05) is 6.54 Å². The third-order valence-corrected chi connectivity index (χ3v) is 4.25. The highest BCUT2D eigenvalue weighted by Gasteiger charge is 2.42. The Morgan fingerprint density at radius 2 is 2.12 bits per heavy atom. The lowest BCUT2D eigenvalue weighted by Gasteiger charge is -2.24. The molecule has 3 rings (SSSR count). The maximum atomic E-state index is 11.5. The molecule has 0 aromatic carbocycles. The maximum absolute atomic E-state index is 11.5. The van der Waals surface area contributed by atoms with Crippen LogP contribution in [0, 0.1) is 11.8 Å². The van der Waals surface area contributed by atoms with Crippen molar-refractivity contribution >= 4 is 10.2 Å². The van der Waals surface area contributed by atoms with Gasteiger partial charge in [-0.25, -0.2) is 5.14 Å². The van der Waals surface area contributed by atoms with Gasteiger partial charge in [0.05, 0.1) is 0 Å². The van der Waals surface area contributed by atoms with E-state index in [1.54, 1.807) is 0 Å². The summed E-state index contributed by atoms with van der Waals surface area (Å²) in [4.78, 5) is 0. The van der Waals surface area contributed by atoms with Crippen molar-refractivity contribution in [3.8, 4) is 0 Å². The van der Waals surface area contributed by atoms with Crippen molar-refractivity contribution in [1.82, 2.24) is 4.31 Å². The predicted molar refractivity (Wildman–Crippen MR) is 61.2 cm³/mol. The first-order chi connectivity index (χ1) is 7.57. The van der Waals surface area contributed by atoms with Crippen molar-refractivity contribution in [3.63, 3.8) is 0 Å². The van der Waals surface area contributed by atoms with E-state index in [-0.39, 0.29) is 11.8 Å². The lowest BCUT2D eigenvalue weighted by molar-refractivity contribution is 0.499. The van der Waals surface area contributed by atoms with E-state index < -0.39 is 10.2 Å². The Hall–Kier alpha value is -1.33. The van der Waals surface area contributed by atoms with Gasteiger partial charge in [-0.3, -0.25) is 4.31 Å². The Balaban J connectivity index is 2.13. The molecule has 0 saturated carbocycles. The lowest BCUT2D eigenvalue weighted by Crippen LogP contribution is -2.34. The van der Waals surface area contributed by atoms with E-state index in [1.165, 1.54) is 4.31 Å². The summed E-state index contributed by atoms with van der Waals surface area (Å²) in [6.45, 7) is 0.449. The normalized spacial score (nSPS) is 31.2. The third kappa shape index (κ3) is 1.28. The molecular weight excluding hydrogens is 224 g/mol. The van der Waals surface area contributed by atoms with Crippen molar-refractivity contribution in [2.24, 2.45) is 17.0 Å². The predicted octanol–water partition coefficient (Wildman–Crippen LogP) is 0.688. The van der Waals surface area contributed by atoms with Crippen LogP contribution in [0.1, 0.15) is 0 Å². The summed E-state index contributed by atoms with van der Waals surface area (Å²) in [6, 6.07) is 0. The Bertz CT molecular complexity index is 555. The van der Waals surface area contributed by atoms with Crippen molar-refractivity contribution in [1.29, 1.82) is 0 Å². The third-order valence-electron chi connectivity index (χ3n) is 3.28. The molecule has 0 radical (unpaired) electrons. The standard InChI is InChI=1S/C11H12N2O2S/c12-16(14,15)13-7-9-5-1-3-8-4-2-6-10(13)11(8)9/h1-6,9,11H,7H2,(H2,12,14,15). The Morgan fingerprint density at radius 1 is 1.31 bits per heavy atom. The summed E-state index contributed by atoms with van der Waals surface area (Å²) < 4.78 is 24.3. The molecule has 1 saturated heterocycles. The molecule has 0 amide bonds. The molecule has 3 aliphatic rings. The molecular formula is C11H12N2O2S. The number of nitrogens with two attached hydrogens (primary N) is 1. The molecule has 1 aliphatic heterocycles. The van der Waals surface area contributed by atoms with Crippen molar-refractivity contribution in [2.45, 2.75) is 0 Å². The van der Waals surface area contributed by atoms with Crippen LogP contribution < -0.4 is 5.14 Å². The Kier molecular flexibility index (Phi) is 1.90. The molecule has 2 unspecified atom stereocenters. The van der Waals surface area contributed by atoms with Crippen LogP contribution in [0.25, 0.3) is 0 Å². The summed E-state index contributed by atoms with van der Waals surface area (Å²) in [6.07, 6.45) is 11.8. The first-order valence-corrected chi connectivity index (χ1v) is 6.65. The van der Waals surface area contributed by atoms with Gasteiger partial charge in [0.15, 0.2) is 0 Å². The van der Waals surface area contributed by atoms with E-state index in [2.05, 4.69) is 0 Å². The fourth-order valence-electron chi connectivity index (χ4n) is 2.63. The SMILES string of the molecule is NS(=O)(=O)N1CC2C=CC=C3C=CC=C1C32. The molecule has 0 spiro atoms. The molecule has 16 heavy (non-hydrogen) atoms. The van der Waals surface area contributed by atoms with Crippen LogP contribution >= 0.6 is 0 Å². The van der Waals surface area contributed by atoms with Gasteiger partial charge in [-0.15, -0.1) is 0 Å². The number of hydrogen-bond acceptors (Lipinski definition) is 2. The quantitative estimate of drug-likeness (QED) is 0.728. The number of hydrogen-bond donors (Lipinski definition) is 1. The van der Waals surface area contributed by atoms with Gasteiger partial charge in [-0.2, -0.15) is 8.42 Å². The molecule has 84 valence electrons. The molecule has 2 atom stereocenters. The largest absolute Gasteiger partial charge is 0.298 e. The average molecular weight is 236 g/mol. The van der Waals surface area contributed by atoms with Gasteiger partial charge in [-0.05, 0) is 11.6 Å². The van der Waals surface area contributed by atoms with Crippen LogP contribution in [0.2, 0.25) is 0 Å². The number of rotatable bonds is 1. The van der Waals surface area contributed by atoms with Crippen molar-refractivity contribution in [3.05, 3.63) is 47.7 Å². The van der Waals surface area contributed by atoms with Gasteiger partial charge < -0.3 is 0 Å². The summed E-state index contributed by atoms with van der Waals surface area (Å²) in [5, 5.41) is 5.22. The Labute approximate surface area is 94.6 Å². The van der Waals surface area contributed by atoms with E-state index >= 15 is 0 Å². The molecule has 2 N–H and O–H groups in total. The highest BCUT2D eigenvalue weighted by Crippen LogP contribution is 2.43. The molecule has 1 heterocycles. The summed E-state index contributed by atoms with van der Waals surface area (Å²) in [7, 11) is -3.64. The molecule has 0 aromatic heterocycles. The van der Waals surface area contributed by atoms with E-state index in [0.29, 0.717) is 6.54 Å². The van der Waals surface area contributed by atoms with E-state index in [9.17, 15) is 8.42 Å². The smallest absolute Gasteiger partial charge is 0.261 e. The van der Waals surface area contributed by atoms with Crippen LogP contribution in [-0.4, -0.2) is 19.3 Å². The second-order valence-electron chi connectivity index (χ2n) is 4.22. The van der Waals surface area contributed by atoms with Gasteiger partial charge in [0.1, 0.15) is 0 Å². The lowest BCUT2D eigenvalue weighted by atomic mass is 9.81. The van der Waals surface area contributed by atoms with Crippen LogP contribution in [-0.2, 0) is 10.2 Å². The second-order valence-corrected chi connectivity index (χ2v) is 5.69. The van der Waals surface area contributed by atoms with E-state index in [4.69, 9.17) is 5.14 Å². The summed E-state index contributed by atoms with van der Waals surface area (Å²) in [5.74, 6) is 0.378. The first kappa shape index (κ1) is 9.86. The second kappa shape index (κ2) is 3.09. The molecule has 2 aliphatic carbocycles. The van der Waals surface area contributed by atoms with Gasteiger partial charge in [0, 0.05) is 24.1 Å². The Morgan fingerprint density at radius 3 is 2.88 bits per heavy atom. The fraction of sp³-hybridized carbons (Fsp3) is 0.273. The zero-order valence-corrected chi connectivity index (χ0v) is 9.39. The molecule has 0 bridgehead atoms. The minimum atomic E-state index is -3.64. The average Bonchev–Trinajstić information content (AvgIpc) is 2.60.